The molecule has 0 aliphatic rings. The molecule has 0 amide bonds. The fraction of sp³-hybridized carbons (Fsp3) is 0.364. The molecule has 104 valence electrons. The predicted octanol–water partition coefficient (Wildman–Crippen LogP) is 2.41. The standard InChI is InChI=1S/C11H12Cl2N2O4/c12-3-5-14(6-4-13)10-7-9(15(17)18)1-2-11(10)19-8-16/h1-2,7-8H,3-6H2. The molecule has 1 rings (SSSR count). The Bertz CT molecular complexity index is 450. The van der Waals surface area contributed by atoms with Crippen molar-refractivity contribution in [3.05, 3.63) is 28.3 Å². The number of benzene rings is 1. The minimum absolute atomic E-state index is 0.0950. The van der Waals surface area contributed by atoms with Crippen LogP contribution in [0.25, 0.3) is 0 Å². The Morgan fingerprint density at radius 3 is 2.42 bits per heavy atom. The van der Waals surface area contributed by atoms with Gasteiger partial charge >= 0.3 is 0 Å². The minimum atomic E-state index is -0.520. The second-order valence-electron chi connectivity index (χ2n) is 3.49. The van der Waals surface area contributed by atoms with Gasteiger partial charge in [0.05, 0.1) is 10.6 Å². The number of nitro groups is 1. The Balaban J connectivity index is 3.19. The Morgan fingerprint density at radius 2 is 1.95 bits per heavy atom. The zero-order valence-corrected chi connectivity index (χ0v) is 11.4. The molecule has 0 saturated carbocycles. The molecule has 0 aliphatic heterocycles. The average molecular weight is 307 g/mol. The molecule has 0 N–H and O–H groups in total. The molecule has 8 heteroatoms. The van der Waals surface area contributed by atoms with Crippen molar-refractivity contribution in [1.29, 1.82) is 0 Å². The van der Waals surface area contributed by atoms with Gasteiger partial charge in [0, 0.05) is 37.0 Å². The predicted molar refractivity (Wildman–Crippen MR) is 73.4 cm³/mol. The number of nitrogens with zero attached hydrogens (tertiary/aromatic N) is 2. The van der Waals surface area contributed by atoms with Crippen LogP contribution in [0.1, 0.15) is 0 Å². The molecule has 0 heterocycles. The van der Waals surface area contributed by atoms with Crippen molar-refractivity contribution in [2.75, 3.05) is 29.7 Å². The molecule has 1 aromatic carbocycles. The van der Waals surface area contributed by atoms with Crippen LogP contribution in [-0.4, -0.2) is 36.2 Å². The third-order valence-electron chi connectivity index (χ3n) is 2.38. The molecule has 0 aromatic heterocycles. The Morgan fingerprint density at radius 1 is 1.32 bits per heavy atom. The first-order valence-corrected chi connectivity index (χ1v) is 6.46. The number of rotatable bonds is 8. The minimum Gasteiger partial charge on any atom is -0.427 e. The summed E-state index contributed by atoms with van der Waals surface area (Å²) in [5.41, 5.74) is 0.324. The van der Waals surface area contributed by atoms with Gasteiger partial charge in [-0.3, -0.25) is 14.9 Å². The maximum atomic E-state index is 10.8. The van der Waals surface area contributed by atoms with Crippen LogP contribution in [0.15, 0.2) is 18.2 Å². The Hall–Kier alpha value is -1.53. The lowest BCUT2D eigenvalue weighted by molar-refractivity contribution is -0.384. The summed E-state index contributed by atoms with van der Waals surface area (Å²) in [6, 6.07) is 3.97. The number of carbonyl (C=O) groups is 1. The van der Waals surface area contributed by atoms with Gasteiger partial charge in [-0.1, -0.05) is 0 Å². The summed E-state index contributed by atoms with van der Waals surface area (Å²) < 4.78 is 4.81. The summed E-state index contributed by atoms with van der Waals surface area (Å²) >= 11 is 11.4. The summed E-state index contributed by atoms with van der Waals surface area (Å²) in [6.07, 6.45) is 0. The highest BCUT2D eigenvalue weighted by Crippen LogP contribution is 2.32. The SMILES string of the molecule is O=COc1ccc([N+](=O)[O-])cc1N(CCCl)CCCl. The number of non-ortho nitro benzene ring substituents is 1. The molecule has 0 spiro atoms. The number of hydrogen-bond donors (Lipinski definition) is 0. The zero-order chi connectivity index (χ0) is 14.3. The van der Waals surface area contributed by atoms with E-state index in [2.05, 4.69) is 0 Å². The van der Waals surface area contributed by atoms with Crippen molar-refractivity contribution in [3.8, 4) is 5.75 Å². The molecule has 0 radical (unpaired) electrons. The van der Waals surface area contributed by atoms with E-state index < -0.39 is 4.92 Å². The highest BCUT2D eigenvalue weighted by molar-refractivity contribution is 6.18. The summed E-state index contributed by atoms with van der Waals surface area (Å²) in [5.74, 6) is 0.871. The quantitative estimate of drug-likeness (QED) is 0.319. The molecule has 0 bridgehead atoms. The van der Waals surface area contributed by atoms with Crippen LogP contribution in [0, 0.1) is 10.1 Å². The smallest absolute Gasteiger partial charge is 0.298 e. The Kier molecular flexibility index (Phi) is 6.38. The lowest BCUT2D eigenvalue weighted by Crippen LogP contribution is -2.28. The second kappa shape index (κ2) is 7.81. The van der Waals surface area contributed by atoms with Gasteiger partial charge in [-0.25, -0.2) is 0 Å². The van der Waals surface area contributed by atoms with Gasteiger partial charge in [0.15, 0.2) is 5.75 Å². The topological polar surface area (TPSA) is 72.7 Å². The summed E-state index contributed by atoms with van der Waals surface area (Å²) in [7, 11) is 0. The monoisotopic (exact) mass is 306 g/mol. The molecule has 0 unspecified atom stereocenters. The molecule has 0 aliphatic carbocycles. The number of alkyl halides is 2. The molecule has 0 fully saturated rings. The number of anilines is 1. The highest BCUT2D eigenvalue weighted by atomic mass is 35.5. The van der Waals surface area contributed by atoms with Crippen LogP contribution in [0.5, 0.6) is 5.75 Å². The Labute approximate surface area is 120 Å². The van der Waals surface area contributed by atoms with Crippen LogP contribution in [0.4, 0.5) is 11.4 Å². The fourth-order valence-electron chi connectivity index (χ4n) is 1.57. The first kappa shape index (κ1) is 15.5. The van der Waals surface area contributed by atoms with Gasteiger partial charge in [0.2, 0.25) is 0 Å². The number of carbonyl (C=O) groups excluding carboxylic acids is 1. The summed E-state index contributed by atoms with van der Waals surface area (Å²) in [6.45, 7) is 1.14. The van der Waals surface area contributed by atoms with E-state index in [4.69, 9.17) is 27.9 Å². The van der Waals surface area contributed by atoms with E-state index in [0.717, 1.165) is 0 Å². The summed E-state index contributed by atoms with van der Waals surface area (Å²) in [4.78, 5) is 22.5. The first-order valence-electron chi connectivity index (χ1n) is 5.39. The molecular weight excluding hydrogens is 295 g/mol. The van der Waals surface area contributed by atoms with E-state index in [1.807, 2.05) is 0 Å². The van der Waals surface area contributed by atoms with E-state index in [9.17, 15) is 14.9 Å². The van der Waals surface area contributed by atoms with Gasteiger partial charge in [-0.05, 0) is 6.07 Å². The normalized spacial score (nSPS) is 10.0. The molecular formula is C11H12Cl2N2O4. The first-order chi connectivity index (χ1) is 9.13. The molecule has 0 atom stereocenters. The largest absolute Gasteiger partial charge is 0.427 e. The molecule has 0 saturated heterocycles. The van der Waals surface area contributed by atoms with Gasteiger partial charge in [-0.2, -0.15) is 0 Å². The highest BCUT2D eigenvalue weighted by Gasteiger charge is 2.17. The van der Waals surface area contributed by atoms with E-state index >= 15 is 0 Å². The van der Waals surface area contributed by atoms with E-state index in [0.29, 0.717) is 30.5 Å². The molecule has 1 aromatic rings. The van der Waals surface area contributed by atoms with Gasteiger partial charge < -0.3 is 9.64 Å². The number of hydrogen-bond acceptors (Lipinski definition) is 5. The van der Waals surface area contributed by atoms with Crippen LogP contribution in [0.2, 0.25) is 0 Å². The van der Waals surface area contributed by atoms with Crippen LogP contribution < -0.4 is 9.64 Å². The number of nitro benzene ring substituents is 1. The number of halogens is 2. The molecule has 19 heavy (non-hydrogen) atoms. The van der Waals surface area contributed by atoms with Crippen molar-refractivity contribution in [1.82, 2.24) is 0 Å². The second-order valence-corrected chi connectivity index (χ2v) is 4.24. The maximum Gasteiger partial charge on any atom is 0.298 e. The van der Waals surface area contributed by atoms with Crippen LogP contribution in [-0.2, 0) is 4.79 Å². The van der Waals surface area contributed by atoms with Gasteiger partial charge in [0.25, 0.3) is 12.2 Å². The lowest BCUT2D eigenvalue weighted by atomic mass is 10.2. The number of ether oxygens (including phenoxy) is 1. The molecule has 6 nitrogen and oxygen atoms in total. The third-order valence-corrected chi connectivity index (χ3v) is 2.72. The third kappa shape index (κ3) is 4.25. The van der Waals surface area contributed by atoms with Crippen molar-refractivity contribution in [2.45, 2.75) is 0 Å². The van der Waals surface area contributed by atoms with E-state index in [-0.39, 0.29) is 17.9 Å². The zero-order valence-electron chi connectivity index (χ0n) is 9.92. The van der Waals surface area contributed by atoms with Crippen LogP contribution >= 0.6 is 23.2 Å². The summed E-state index contributed by atoms with van der Waals surface area (Å²) in [5, 5.41) is 10.8. The van der Waals surface area contributed by atoms with Gasteiger partial charge in [-0.15, -0.1) is 23.2 Å². The van der Waals surface area contributed by atoms with Gasteiger partial charge in [0.1, 0.15) is 0 Å². The van der Waals surface area contributed by atoms with Crippen molar-refractivity contribution < 1.29 is 14.5 Å². The lowest BCUT2D eigenvalue weighted by Gasteiger charge is -2.24. The van der Waals surface area contributed by atoms with Crippen molar-refractivity contribution in [3.63, 3.8) is 0 Å². The fourth-order valence-corrected chi connectivity index (χ4v) is 1.98. The van der Waals surface area contributed by atoms with Crippen LogP contribution in [0.3, 0.4) is 0 Å². The maximum absolute atomic E-state index is 10.8. The van der Waals surface area contributed by atoms with E-state index in [1.165, 1.54) is 18.2 Å². The van der Waals surface area contributed by atoms with Crippen molar-refractivity contribution >= 4 is 41.0 Å². The average Bonchev–Trinajstić information content (AvgIpc) is 2.39. The van der Waals surface area contributed by atoms with E-state index in [1.54, 1.807) is 4.90 Å². The van der Waals surface area contributed by atoms with Crippen molar-refractivity contribution in [2.24, 2.45) is 0 Å².